The molecule has 1 N–H and O–H groups in total. The van der Waals surface area contributed by atoms with Crippen molar-refractivity contribution in [3.05, 3.63) is 0 Å². The molecule has 1 amide bonds. The van der Waals surface area contributed by atoms with Crippen LogP contribution in [-0.2, 0) is 24.2 Å². The Morgan fingerprint density at radius 3 is 2.33 bits per heavy atom. The van der Waals surface area contributed by atoms with Gasteiger partial charge in [-0.25, -0.2) is 13.2 Å². The Morgan fingerprint density at radius 1 is 1.33 bits per heavy atom. The Bertz CT molecular complexity index is 432. The number of hydrogen-bond donors (Lipinski definition) is 1. The number of aliphatic carboxylic acids is 1. The topological polar surface area (TPSA) is 101 Å². The van der Waals surface area contributed by atoms with Crippen molar-refractivity contribution in [1.29, 1.82) is 0 Å². The first-order valence-electron chi connectivity index (χ1n) is 5.51. The van der Waals surface area contributed by atoms with E-state index in [-0.39, 0.29) is 18.2 Å². The third-order valence-corrected chi connectivity index (χ3v) is 3.67. The number of amides is 1. The number of ether oxygens (including phenoxy) is 1. The SMILES string of the molecule is CN(CCS(C)(=O)=O)C(=O)C1CCC(C(=O)O)O1. The largest absolute Gasteiger partial charge is 0.479 e. The zero-order chi connectivity index (χ0) is 13.9. The van der Waals surface area contributed by atoms with Gasteiger partial charge in [-0.15, -0.1) is 0 Å². The van der Waals surface area contributed by atoms with Crippen LogP contribution < -0.4 is 0 Å². The molecule has 0 radical (unpaired) electrons. The second kappa shape index (κ2) is 5.66. The fourth-order valence-corrected chi connectivity index (χ4v) is 2.26. The molecular formula is C10H17NO6S. The van der Waals surface area contributed by atoms with Crippen LogP contribution in [0.15, 0.2) is 0 Å². The third kappa shape index (κ3) is 4.26. The number of sulfone groups is 1. The number of carboxylic acids is 1. The summed E-state index contributed by atoms with van der Waals surface area (Å²) < 4.78 is 27.0. The lowest BCUT2D eigenvalue weighted by molar-refractivity contribution is -0.154. The van der Waals surface area contributed by atoms with Crippen LogP contribution in [0.5, 0.6) is 0 Å². The standard InChI is InChI=1S/C10H17NO6S/c1-11(5-6-18(2,15)16)9(12)7-3-4-8(17-7)10(13)14/h7-8H,3-6H2,1-2H3,(H,13,14). The second-order valence-corrected chi connectivity index (χ2v) is 6.68. The van der Waals surface area contributed by atoms with E-state index in [4.69, 9.17) is 9.84 Å². The first-order valence-corrected chi connectivity index (χ1v) is 7.57. The maximum Gasteiger partial charge on any atom is 0.332 e. The number of hydrogen-bond acceptors (Lipinski definition) is 5. The molecule has 7 nitrogen and oxygen atoms in total. The molecule has 1 fully saturated rings. The highest BCUT2D eigenvalue weighted by atomic mass is 32.2. The normalized spacial score (nSPS) is 23.9. The Morgan fingerprint density at radius 2 is 1.89 bits per heavy atom. The van der Waals surface area contributed by atoms with Crippen LogP contribution in [-0.4, -0.2) is 68.1 Å². The summed E-state index contributed by atoms with van der Waals surface area (Å²) in [5.74, 6) is -1.57. The fraction of sp³-hybridized carbons (Fsp3) is 0.800. The molecule has 8 heteroatoms. The molecule has 2 unspecified atom stereocenters. The second-order valence-electron chi connectivity index (χ2n) is 4.42. The van der Waals surface area contributed by atoms with Crippen molar-refractivity contribution in [2.75, 3.05) is 25.6 Å². The Labute approximate surface area is 106 Å². The average molecular weight is 279 g/mol. The van der Waals surface area contributed by atoms with Gasteiger partial charge >= 0.3 is 5.97 Å². The van der Waals surface area contributed by atoms with E-state index < -0.39 is 28.0 Å². The summed E-state index contributed by atoms with van der Waals surface area (Å²) in [6.45, 7) is 0.0786. The van der Waals surface area contributed by atoms with E-state index in [9.17, 15) is 18.0 Å². The molecule has 0 aromatic rings. The molecule has 0 aromatic heterocycles. The number of likely N-dealkylation sites (N-methyl/N-ethyl adjacent to an activating group) is 1. The first-order chi connectivity index (χ1) is 8.20. The Balaban J connectivity index is 2.48. The van der Waals surface area contributed by atoms with Crippen molar-refractivity contribution in [3.63, 3.8) is 0 Å². The molecule has 1 heterocycles. The lowest BCUT2D eigenvalue weighted by atomic mass is 10.2. The van der Waals surface area contributed by atoms with Crippen molar-refractivity contribution in [2.45, 2.75) is 25.0 Å². The van der Waals surface area contributed by atoms with Crippen LogP contribution in [0.3, 0.4) is 0 Å². The number of carboxylic acid groups (broad SMARTS) is 1. The van der Waals surface area contributed by atoms with Crippen molar-refractivity contribution >= 4 is 21.7 Å². The van der Waals surface area contributed by atoms with Gasteiger partial charge in [0.05, 0.1) is 5.75 Å². The van der Waals surface area contributed by atoms with E-state index in [2.05, 4.69) is 0 Å². The maximum absolute atomic E-state index is 11.8. The average Bonchev–Trinajstić information content (AvgIpc) is 2.73. The number of carbonyl (C=O) groups is 2. The molecule has 2 atom stereocenters. The molecule has 1 saturated heterocycles. The summed E-state index contributed by atoms with van der Waals surface area (Å²) in [7, 11) is -1.65. The van der Waals surface area contributed by atoms with Crippen LogP contribution in [0.1, 0.15) is 12.8 Å². The summed E-state index contributed by atoms with van der Waals surface area (Å²) in [5.41, 5.74) is 0. The lowest BCUT2D eigenvalue weighted by Gasteiger charge is -2.20. The van der Waals surface area contributed by atoms with E-state index in [1.165, 1.54) is 11.9 Å². The van der Waals surface area contributed by atoms with Crippen molar-refractivity contribution in [3.8, 4) is 0 Å². The minimum Gasteiger partial charge on any atom is -0.479 e. The minimum absolute atomic E-state index is 0.0786. The first kappa shape index (κ1) is 14.9. The van der Waals surface area contributed by atoms with E-state index >= 15 is 0 Å². The highest BCUT2D eigenvalue weighted by Crippen LogP contribution is 2.21. The lowest BCUT2D eigenvalue weighted by Crippen LogP contribution is -2.39. The van der Waals surface area contributed by atoms with Crippen LogP contribution in [0.2, 0.25) is 0 Å². The smallest absolute Gasteiger partial charge is 0.332 e. The van der Waals surface area contributed by atoms with Crippen LogP contribution in [0.25, 0.3) is 0 Å². The molecule has 0 spiro atoms. The third-order valence-electron chi connectivity index (χ3n) is 2.74. The van der Waals surface area contributed by atoms with Gasteiger partial charge in [0.25, 0.3) is 5.91 Å². The summed E-state index contributed by atoms with van der Waals surface area (Å²) >= 11 is 0. The van der Waals surface area contributed by atoms with Gasteiger partial charge in [-0.2, -0.15) is 0 Å². The number of nitrogens with zero attached hydrogens (tertiary/aromatic N) is 1. The fourth-order valence-electron chi connectivity index (χ4n) is 1.66. The zero-order valence-corrected chi connectivity index (χ0v) is 11.1. The summed E-state index contributed by atoms with van der Waals surface area (Å²) in [4.78, 5) is 23.8. The van der Waals surface area contributed by atoms with Gasteiger partial charge in [-0.1, -0.05) is 0 Å². The highest BCUT2D eigenvalue weighted by molar-refractivity contribution is 7.90. The molecule has 0 bridgehead atoms. The summed E-state index contributed by atoms with van der Waals surface area (Å²) in [6, 6.07) is 0. The monoisotopic (exact) mass is 279 g/mol. The molecule has 1 aliphatic heterocycles. The Kier molecular flexibility index (Phi) is 4.69. The number of rotatable bonds is 5. The van der Waals surface area contributed by atoms with E-state index in [0.717, 1.165) is 6.26 Å². The van der Waals surface area contributed by atoms with Gasteiger partial charge in [-0.05, 0) is 12.8 Å². The van der Waals surface area contributed by atoms with Crippen LogP contribution in [0.4, 0.5) is 0 Å². The van der Waals surface area contributed by atoms with Gasteiger partial charge < -0.3 is 14.7 Å². The summed E-state index contributed by atoms with van der Waals surface area (Å²) in [6.07, 6.45) is 0.0145. The molecule has 1 aliphatic rings. The maximum atomic E-state index is 11.8. The van der Waals surface area contributed by atoms with E-state index in [1.54, 1.807) is 0 Å². The predicted molar refractivity (Wildman–Crippen MR) is 62.9 cm³/mol. The van der Waals surface area contributed by atoms with Gasteiger partial charge in [0, 0.05) is 19.8 Å². The van der Waals surface area contributed by atoms with Gasteiger partial charge in [0.1, 0.15) is 15.9 Å². The minimum atomic E-state index is -3.13. The van der Waals surface area contributed by atoms with Crippen molar-refractivity contribution in [2.24, 2.45) is 0 Å². The molecule has 0 aromatic carbocycles. The summed E-state index contributed by atoms with van der Waals surface area (Å²) in [5, 5.41) is 8.73. The molecule has 18 heavy (non-hydrogen) atoms. The molecule has 0 aliphatic carbocycles. The zero-order valence-electron chi connectivity index (χ0n) is 10.3. The number of carbonyl (C=O) groups excluding carboxylic acids is 1. The Hall–Kier alpha value is -1.15. The van der Waals surface area contributed by atoms with Crippen LogP contribution >= 0.6 is 0 Å². The van der Waals surface area contributed by atoms with Gasteiger partial charge in [0.2, 0.25) is 0 Å². The molecule has 0 saturated carbocycles. The van der Waals surface area contributed by atoms with Crippen molar-refractivity contribution < 1.29 is 27.9 Å². The highest BCUT2D eigenvalue weighted by Gasteiger charge is 2.36. The van der Waals surface area contributed by atoms with E-state index in [1.807, 2.05) is 0 Å². The predicted octanol–water partition coefficient (Wildman–Crippen LogP) is -0.878. The van der Waals surface area contributed by atoms with Gasteiger partial charge in [0.15, 0.2) is 6.10 Å². The molecule has 104 valence electrons. The molecule has 1 rings (SSSR count). The molecular weight excluding hydrogens is 262 g/mol. The quantitative estimate of drug-likeness (QED) is 0.701. The van der Waals surface area contributed by atoms with E-state index in [0.29, 0.717) is 12.8 Å². The van der Waals surface area contributed by atoms with Crippen LogP contribution in [0, 0.1) is 0 Å². The van der Waals surface area contributed by atoms with Crippen molar-refractivity contribution in [1.82, 2.24) is 4.90 Å². The van der Waals surface area contributed by atoms with Gasteiger partial charge in [-0.3, -0.25) is 4.79 Å².